The molecule has 0 spiro atoms. The molecule has 31 heavy (non-hydrogen) atoms. The third-order valence-electron chi connectivity index (χ3n) is 4.60. The fraction of sp³-hybridized carbons (Fsp3) is 0.300. The molecule has 1 amide bonds. The monoisotopic (exact) mass is 459 g/mol. The molecule has 3 aromatic heterocycles. The maximum absolute atomic E-state index is 12.8. The number of fused-ring (bicyclic) bond motifs is 3. The van der Waals surface area contributed by atoms with Crippen LogP contribution in [0, 0.1) is 0 Å². The number of aromatic nitrogens is 4. The van der Waals surface area contributed by atoms with Gasteiger partial charge in [-0.3, -0.25) is 18.6 Å². The number of carbonyl (C=O) groups excluding carboxylic acids is 1. The van der Waals surface area contributed by atoms with E-state index >= 15 is 0 Å². The SMILES string of the molecule is CCCn1c(=O)c2sccc2n2c(SCC(=O)Nc3cc(OC)cc(OC)c3)nnc12. The van der Waals surface area contributed by atoms with Crippen molar-refractivity contribution in [3.05, 3.63) is 40.0 Å². The molecule has 0 saturated heterocycles. The topological polar surface area (TPSA) is 99.8 Å². The molecule has 0 saturated carbocycles. The Kier molecular flexibility index (Phi) is 6.14. The van der Waals surface area contributed by atoms with Gasteiger partial charge in [0.25, 0.3) is 5.56 Å². The molecule has 0 fully saturated rings. The number of nitrogens with zero attached hydrogens (tertiary/aromatic N) is 4. The highest BCUT2D eigenvalue weighted by Crippen LogP contribution is 2.27. The molecule has 0 aliphatic carbocycles. The minimum absolute atomic E-state index is 0.0620. The van der Waals surface area contributed by atoms with Crippen LogP contribution in [0.25, 0.3) is 16.0 Å². The van der Waals surface area contributed by atoms with E-state index in [1.54, 1.807) is 37.0 Å². The number of hydrogen-bond donors (Lipinski definition) is 1. The largest absolute Gasteiger partial charge is 0.497 e. The van der Waals surface area contributed by atoms with Crippen molar-refractivity contribution in [3.63, 3.8) is 0 Å². The molecule has 0 aliphatic heterocycles. The predicted octanol–water partition coefficient (Wildman–Crippen LogP) is 3.26. The highest BCUT2D eigenvalue weighted by molar-refractivity contribution is 7.99. The molecule has 0 radical (unpaired) electrons. The summed E-state index contributed by atoms with van der Waals surface area (Å²) in [5, 5.41) is 13.7. The third-order valence-corrected chi connectivity index (χ3v) is 6.42. The Morgan fingerprint density at radius 1 is 1.19 bits per heavy atom. The number of anilines is 1. The zero-order chi connectivity index (χ0) is 22.0. The summed E-state index contributed by atoms with van der Waals surface area (Å²) in [6, 6.07) is 7.04. The van der Waals surface area contributed by atoms with E-state index in [2.05, 4.69) is 15.5 Å². The zero-order valence-electron chi connectivity index (χ0n) is 17.2. The number of rotatable bonds is 8. The predicted molar refractivity (Wildman–Crippen MR) is 122 cm³/mol. The van der Waals surface area contributed by atoms with Crippen LogP contribution in [-0.2, 0) is 11.3 Å². The standard InChI is InChI=1S/C20H21N5O4S2/c1-4-6-24-18(27)17-15(5-7-30-17)25-19(24)22-23-20(25)31-11-16(26)21-12-8-13(28-2)10-14(9-12)29-3/h5,7-10H,4,6,11H2,1-3H3,(H,21,26). The molecule has 1 aromatic carbocycles. The second-order valence-corrected chi connectivity index (χ2v) is 8.51. The van der Waals surface area contributed by atoms with Gasteiger partial charge in [-0.2, -0.15) is 0 Å². The lowest BCUT2D eigenvalue weighted by Crippen LogP contribution is -2.22. The van der Waals surface area contributed by atoms with Crippen molar-refractivity contribution in [2.24, 2.45) is 0 Å². The molecule has 3 heterocycles. The molecule has 0 atom stereocenters. The van der Waals surface area contributed by atoms with Crippen molar-refractivity contribution >= 4 is 50.7 Å². The number of amides is 1. The number of carbonyl (C=O) groups is 1. The van der Waals surface area contributed by atoms with Crippen LogP contribution in [0.4, 0.5) is 5.69 Å². The summed E-state index contributed by atoms with van der Waals surface area (Å²) in [7, 11) is 3.10. The number of thioether (sulfide) groups is 1. The Morgan fingerprint density at radius 2 is 1.94 bits per heavy atom. The zero-order valence-corrected chi connectivity index (χ0v) is 18.9. The van der Waals surface area contributed by atoms with Gasteiger partial charge in [-0.15, -0.1) is 21.5 Å². The van der Waals surface area contributed by atoms with E-state index in [9.17, 15) is 9.59 Å². The summed E-state index contributed by atoms with van der Waals surface area (Å²) in [4.78, 5) is 25.3. The van der Waals surface area contributed by atoms with Gasteiger partial charge in [-0.1, -0.05) is 18.7 Å². The quantitative estimate of drug-likeness (QED) is 0.404. The second-order valence-electron chi connectivity index (χ2n) is 6.65. The van der Waals surface area contributed by atoms with Gasteiger partial charge in [-0.25, -0.2) is 0 Å². The summed E-state index contributed by atoms with van der Waals surface area (Å²) < 4.78 is 14.6. The molecular formula is C20H21N5O4S2. The first-order chi connectivity index (χ1) is 15.0. The highest BCUT2D eigenvalue weighted by Gasteiger charge is 2.18. The summed E-state index contributed by atoms with van der Waals surface area (Å²) in [6.07, 6.45) is 0.800. The number of thiophene rings is 1. The molecule has 1 N–H and O–H groups in total. The molecule has 9 nitrogen and oxygen atoms in total. The first-order valence-corrected chi connectivity index (χ1v) is 11.4. The average molecular weight is 460 g/mol. The Labute approximate surface area is 186 Å². The van der Waals surface area contributed by atoms with Crippen molar-refractivity contribution in [2.45, 2.75) is 25.0 Å². The first kappa shape index (κ1) is 21.2. The van der Waals surface area contributed by atoms with Crippen molar-refractivity contribution in [3.8, 4) is 11.5 Å². The Bertz CT molecular complexity index is 1290. The summed E-state index contributed by atoms with van der Waals surface area (Å²) in [5.74, 6) is 1.57. The lowest BCUT2D eigenvalue weighted by Gasteiger charge is -2.10. The molecule has 0 aliphatic rings. The van der Waals surface area contributed by atoms with E-state index < -0.39 is 0 Å². The molecule has 0 unspecified atom stereocenters. The third kappa shape index (κ3) is 4.10. The van der Waals surface area contributed by atoms with E-state index in [-0.39, 0.29) is 17.2 Å². The summed E-state index contributed by atoms with van der Waals surface area (Å²) in [5.41, 5.74) is 1.26. The minimum atomic E-state index is -0.208. The molecule has 4 aromatic rings. The number of hydrogen-bond acceptors (Lipinski definition) is 8. The van der Waals surface area contributed by atoms with Gasteiger partial charge in [0.05, 0.1) is 25.5 Å². The van der Waals surface area contributed by atoms with E-state index in [1.165, 1.54) is 23.1 Å². The molecular weight excluding hydrogens is 438 g/mol. The van der Waals surface area contributed by atoms with Gasteiger partial charge in [-0.05, 0) is 17.9 Å². The molecule has 4 rings (SSSR count). The number of aryl methyl sites for hydroxylation is 1. The Balaban J connectivity index is 1.59. The number of ether oxygens (including phenoxy) is 2. The summed E-state index contributed by atoms with van der Waals surface area (Å²) >= 11 is 2.65. The van der Waals surface area contributed by atoms with Gasteiger partial charge >= 0.3 is 0 Å². The lowest BCUT2D eigenvalue weighted by atomic mass is 10.2. The number of benzene rings is 1. The first-order valence-electron chi connectivity index (χ1n) is 9.56. The fourth-order valence-electron chi connectivity index (χ4n) is 3.23. The van der Waals surface area contributed by atoms with Crippen molar-refractivity contribution in [1.29, 1.82) is 0 Å². The van der Waals surface area contributed by atoms with Crippen LogP contribution < -0.4 is 20.3 Å². The van der Waals surface area contributed by atoms with Crippen LogP contribution in [-0.4, -0.2) is 45.0 Å². The minimum Gasteiger partial charge on any atom is -0.497 e. The molecule has 11 heteroatoms. The fourth-order valence-corrected chi connectivity index (χ4v) is 4.79. The van der Waals surface area contributed by atoms with Gasteiger partial charge < -0.3 is 14.8 Å². The van der Waals surface area contributed by atoms with Crippen molar-refractivity contribution < 1.29 is 14.3 Å². The van der Waals surface area contributed by atoms with Gasteiger partial charge in [0, 0.05) is 30.4 Å². The van der Waals surface area contributed by atoms with Gasteiger partial charge in [0.1, 0.15) is 16.2 Å². The van der Waals surface area contributed by atoms with E-state index in [4.69, 9.17) is 9.47 Å². The number of methoxy groups -OCH3 is 2. The molecule has 162 valence electrons. The van der Waals surface area contributed by atoms with E-state index in [0.29, 0.717) is 39.4 Å². The highest BCUT2D eigenvalue weighted by atomic mass is 32.2. The number of nitrogens with one attached hydrogen (secondary N) is 1. The van der Waals surface area contributed by atoms with Crippen LogP contribution in [0.3, 0.4) is 0 Å². The normalized spacial score (nSPS) is 11.2. The van der Waals surface area contributed by atoms with Crippen molar-refractivity contribution in [2.75, 3.05) is 25.3 Å². The van der Waals surface area contributed by atoms with Crippen LogP contribution in [0.15, 0.2) is 39.6 Å². The van der Waals surface area contributed by atoms with Gasteiger partial charge in [0.2, 0.25) is 11.7 Å². The average Bonchev–Trinajstić information content (AvgIpc) is 3.42. The maximum Gasteiger partial charge on any atom is 0.272 e. The van der Waals surface area contributed by atoms with E-state index in [0.717, 1.165) is 11.9 Å². The van der Waals surface area contributed by atoms with Crippen LogP contribution in [0.1, 0.15) is 13.3 Å². The smallest absolute Gasteiger partial charge is 0.272 e. The van der Waals surface area contributed by atoms with Crippen LogP contribution >= 0.6 is 23.1 Å². The second kappa shape index (κ2) is 8.98. The Morgan fingerprint density at radius 3 is 2.61 bits per heavy atom. The van der Waals surface area contributed by atoms with Crippen LogP contribution in [0.5, 0.6) is 11.5 Å². The maximum atomic E-state index is 12.8. The van der Waals surface area contributed by atoms with Gasteiger partial charge in [0.15, 0.2) is 5.16 Å². The summed E-state index contributed by atoms with van der Waals surface area (Å²) in [6.45, 7) is 2.56. The van der Waals surface area contributed by atoms with E-state index in [1.807, 2.05) is 22.8 Å². The van der Waals surface area contributed by atoms with Crippen LogP contribution in [0.2, 0.25) is 0 Å². The van der Waals surface area contributed by atoms with Crippen molar-refractivity contribution in [1.82, 2.24) is 19.2 Å². The lowest BCUT2D eigenvalue weighted by molar-refractivity contribution is -0.113. The Hall–Kier alpha value is -3.05. The molecule has 0 bridgehead atoms.